The van der Waals surface area contributed by atoms with Gasteiger partial charge in [0.05, 0.1) is 23.8 Å². The number of ketones is 1. The van der Waals surface area contributed by atoms with Crippen molar-refractivity contribution in [3.63, 3.8) is 0 Å². The van der Waals surface area contributed by atoms with Crippen molar-refractivity contribution in [1.82, 2.24) is 0 Å². The number of nitrogens with zero attached hydrogens (tertiary/aromatic N) is 1. The number of benzene rings is 3. The summed E-state index contributed by atoms with van der Waals surface area (Å²) in [5.41, 5.74) is 4.65. The molecular formula is C30H28N2O4. The summed E-state index contributed by atoms with van der Waals surface area (Å²) in [7, 11) is 0. The summed E-state index contributed by atoms with van der Waals surface area (Å²) in [5.74, 6) is 1.27. The van der Waals surface area contributed by atoms with E-state index < -0.39 is 6.04 Å². The first-order valence-electron chi connectivity index (χ1n) is 12.3. The highest BCUT2D eigenvalue weighted by molar-refractivity contribution is 6.06. The van der Waals surface area contributed by atoms with E-state index in [-0.39, 0.29) is 30.3 Å². The number of hydrogen-bond acceptors (Lipinski definition) is 5. The summed E-state index contributed by atoms with van der Waals surface area (Å²) in [6.45, 7) is 4.38. The van der Waals surface area contributed by atoms with Gasteiger partial charge in [0.1, 0.15) is 0 Å². The van der Waals surface area contributed by atoms with Gasteiger partial charge in [-0.25, -0.2) is 0 Å². The maximum Gasteiger partial charge on any atom is 0.232 e. The van der Waals surface area contributed by atoms with Gasteiger partial charge in [-0.1, -0.05) is 62.4 Å². The van der Waals surface area contributed by atoms with Crippen LogP contribution in [-0.4, -0.2) is 18.5 Å². The van der Waals surface area contributed by atoms with Crippen molar-refractivity contribution in [3.8, 4) is 11.5 Å². The van der Waals surface area contributed by atoms with E-state index >= 15 is 0 Å². The molecule has 1 aliphatic carbocycles. The molecule has 1 N–H and O–H groups in total. The second-order valence-corrected chi connectivity index (χ2v) is 10.4. The van der Waals surface area contributed by atoms with Crippen LogP contribution in [0.25, 0.3) is 0 Å². The van der Waals surface area contributed by atoms with Gasteiger partial charge in [0.15, 0.2) is 17.3 Å². The molecule has 3 aliphatic rings. The SMILES string of the molecule is CC1(C)CC(=O)C2=C(C1)Nc1ccccc1N(C(=O)Cc1ccccc1)[C@H]2c1ccc2c(c1)OCO2. The number of allylic oxidation sites excluding steroid dienone is 1. The monoisotopic (exact) mass is 480 g/mol. The zero-order chi connectivity index (χ0) is 24.9. The van der Waals surface area contributed by atoms with Crippen LogP contribution in [0.15, 0.2) is 84.1 Å². The molecule has 0 bridgehead atoms. The molecule has 0 saturated carbocycles. The lowest BCUT2D eigenvalue weighted by molar-refractivity contribution is -0.119. The predicted molar refractivity (Wildman–Crippen MR) is 138 cm³/mol. The van der Waals surface area contributed by atoms with Crippen molar-refractivity contribution in [2.45, 2.75) is 39.2 Å². The van der Waals surface area contributed by atoms with Gasteiger partial charge < -0.3 is 14.8 Å². The molecule has 0 aromatic heterocycles. The first kappa shape index (κ1) is 22.4. The number of carbonyl (C=O) groups is 2. The molecule has 182 valence electrons. The normalized spacial score (nSPS) is 19.8. The van der Waals surface area contributed by atoms with Crippen molar-refractivity contribution in [2.75, 3.05) is 17.0 Å². The Hall–Kier alpha value is -4.06. The van der Waals surface area contributed by atoms with Gasteiger partial charge >= 0.3 is 0 Å². The van der Waals surface area contributed by atoms with Crippen molar-refractivity contribution >= 4 is 23.1 Å². The number of ether oxygens (including phenoxy) is 2. The van der Waals surface area contributed by atoms with Crippen LogP contribution in [0.3, 0.4) is 0 Å². The van der Waals surface area contributed by atoms with E-state index in [9.17, 15) is 9.59 Å². The number of Topliss-reactive ketones (excluding diaryl/α,β-unsaturated/α-hetero) is 1. The molecule has 0 saturated heterocycles. The molecule has 2 heterocycles. The summed E-state index contributed by atoms with van der Waals surface area (Å²) < 4.78 is 11.2. The molecule has 6 nitrogen and oxygen atoms in total. The first-order chi connectivity index (χ1) is 17.4. The van der Waals surface area contributed by atoms with Crippen LogP contribution in [-0.2, 0) is 16.0 Å². The second kappa shape index (κ2) is 8.55. The summed E-state index contributed by atoms with van der Waals surface area (Å²) in [6.07, 6.45) is 1.36. The average molecular weight is 481 g/mol. The number of amides is 1. The van der Waals surface area contributed by atoms with Crippen molar-refractivity contribution in [1.29, 1.82) is 0 Å². The molecule has 3 aromatic rings. The van der Waals surface area contributed by atoms with Crippen molar-refractivity contribution < 1.29 is 19.1 Å². The Morgan fingerprint density at radius 2 is 1.72 bits per heavy atom. The van der Waals surface area contributed by atoms with Crippen LogP contribution < -0.4 is 19.7 Å². The lowest BCUT2D eigenvalue weighted by atomic mass is 9.73. The smallest absolute Gasteiger partial charge is 0.232 e. The number of rotatable bonds is 3. The van der Waals surface area contributed by atoms with E-state index in [1.165, 1.54) is 0 Å². The minimum atomic E-state index is -0.592. The van der Waals surface area contributed by atoms with Gasteiger partial charge in [-0.05, 0) is 47.2 Å². The van der Waals surface area contributed by atoms with Crippen molar-refractivity contribution in [3.05, 3.63) is 95.2 Å². The molecule has 0 spiro atoms. The largest absolute Gasteiger partial charge is 0.454 e. The fraction of sp³-hybridized carbons (Fsp3) is 0.267. The molecule has 2 aliphatic heterocycles. The Balaban J connectivity index is 1.56. The number of anilines is 2. The Morgan fingerprint density at radius 1 is 0.972 bits per heavy atom. The Kier molecular flexibility index (Phi) is 5.32. The van der Waals surface area contributed by atoms with E-state index in [0.29, 0.717) is 29.9 Å². The average Bonchev–Trinajstić information content (AvgIpc) is 3.26. The predicted octanol–water partition coefficient (Wildman–Crippen LogP) is 5.80. The number of carbonyl (C=O) groups excluding carboxylic acids is 2. The number of fused-ring (bicyclic) bond motifs is 2. The summed E-state index contributed by atoms with van der Waals surface area (Å²) in [4.78, 5) is 29.7. The minimum absolute atomic E-state index is 0.0572. The lowest BCUT2D eigenvalue weighted by Gasteiger charge is -2.37. The van der Waals surface area contributed by atoms with Crippen LogP contribution in [0.1, 0.15) is 43.9 Å². The van der Waals surface area contributed by atoms with Gasteiger partial charge in [0.2, 0.25) is 12.7 Å². The molecular weight excluding hydrogens is 452 g/mol. The zero-order valence-electron chi connectivity index (χ0n) is 20.4. The Bertz CT molecular complexity index is 1390. The van der Waals surface area contributed by atoms with E-state index in [4.69, 9.17) is 9.47 Å². The maximum atomic E-state index is 14.1. The quantitative estimate of drug-likeness (QED) is 0.513. The van der Waals surface area contributed by atoms with Crippen LogP contribution in [0.4, 0.5) is 11.4 Å². The molecule has 36 heavy (non-hydrogen) atoms. The number of hydrogen-bond donors (Lipinski definition) is 1. The zero-order valence-corrected chi connectivity index (χ0v) is 20.4. The highest BCUT2D eigenvalue weighted by Crippen LogP contribution is 2.49. The van der Waals surface area contributed by atoms with Gasteiger partial charge in [0, 0.05) is 17.7 Å². The highest BCUT2D eigenvalue weighted by Gasteiger charge is 2.43. The summed E-state index contributed by atoms with van der Waals surface area (Å²) in [6, 6.07) is 22.6. The third-order valence-electron chi connectivity index (χ3n) is 7.08. The van der Waals surface area contributed by atoms with Crippen LogP contribution in [0.5, 0.6) is 11.5 Å². The van der Waals surface area contributed by atoms with Gasteiger partial charge in [-0.3, -0.25) is 14.5 Å². The lowest BCUT2D eigenvalue weighted by Crippen LogP contribution is -2.40. The third kappa shape index (κ3) is 3.92. The summed E-state index contributed by atoms with van der Waals surface area (Å²) in [5, 5.41) is 3.56. The molecule has 0 fully saturated rings. The van der Waals surface area contributed by atoms with Gasteiger partial charge in [0.25, 0.3) is 0 Å². The van der Waals surface area contributed by atoms with Gasteiger partial charge in [-0.2, -0.15) is 0 Å². The van der Waals surface area contributed by atoms with Gasteiger partial charge in [-0.15, -0.1) is 0 Å². The van der Waals surface area contributed by atoms with Crippen LogP contribution >= 0.6 is 0 Å². The molecule has 1 atom stereocenters. The highest BCUT2D eigenvalue weighted by atomic mass is 16.7. The van der Waals surface area contributed by atoms with E-state index in [0.717, 1.165) is 28.2 Å². The number of nitrogens with one attached hydrogen (secondary N) is 1. The Morgan fingerprint density at radius 3 is 2.56 bits per heavy atom. The molecule has 0 radical (unpaired) electrons. The van der Waals surface area contributed by atoms with E-state index in [1.807, 2.05) is 72.8 Å². The van der Waals surface area contributed by atoms with E-state index in [1.54, 1.807) is 4.90 Å². The topological polar surface area (TPSA) is 67.9 Å². The maximum absolute atomic E-state index is 14.1. The molecule has 6 rings (SSSR count). The second-order valence-electron chi connectivity index (χ2n) is 10.4. The van der Waals surface area contributed by atoms with Crippen LogP contribution in [0, 0.1) is 5.41 Å². The standard InChI is InChI=1S/C30H28N2O4/c1-30(2)16-22-28(24(33)17-30)29(20-12-13-25-26(15-20)36-18-35-25)32(23-11-7-6-10-21(23)31-22)27(34)14-19-8-4-3-5-9-19/h3-13,15,29,31H,14,16-18H2,1-2H3/t29-/m0/s1. The summed E-state index contributed by atoms with van der Waals surface area (Å²) >= 11 is 0. The first-order valence-corrected chi connectivity index (χ1v) is 12.3. The fourth-order valence-electron chi connectivity index (χ4n) is 5.52. The molecule has 0 unspecified atom stereocenters. The Labute approximate surface area is 210 Å². The third-order valence-corrected chi connectivity index (χ3v) is 7.08. The van der Waals surface area contributed by atoms with Crippen molar-refractivity contribution in [2.24, 2.45) is 5.41 Å². The molecule has 1 amide bonds. The fourth-order valence-corrected chi connectivity index (χ4v) is 5.52. The minimum Gasteiger partial charge on any atom is -0.454 e. The van der Waals surface area contributed by atoms with Crippen LogP contribution in [0.2, 0.25) is 0 Å². The molecule has 3 aromatic carbocycles. The van der Waals surface area contributed by atoms with E-state index in [2.05, 4.69) is 19.2 Å². The number of para-hydroxylation sites is 2. The molecule has 6 heteroatoms.